The van der Waals surface area contributed by atoms with Crippen molar-refractivity contribution in [3.05, 3.63) is 29.8 Å². The zero-order valence-electron chi connectivity index (χ0n) is 9.39. The van der Waals surface area contributed by atoms with Crippen molar-refractivity contribution in [1.82, 2.24) is 0 Å². The largest absolute Gasteiger partial charge is 0.508 e. The second-order valence-electron chi connectivity index (χ2n) is 4.65. The molecule has 0 bridgehead atoms. The van der Waals surface area contributed by atoms with Gasteiger partial charge in [0.2, 0.25) is 0 Å². The summed E-state index contributed by atoms with van der Waals surface area (Å²) in [6.07, 6.45) is 3.84. The van der Waals surface area contributed by atoms with Crippen LogP contribution in [0.15, 0.2) is 24.3 Å². The Kier molecular flexibility index (Phi) is 3.17. The molecule has 88 valence electrons. The van der Waals surface area contributed by atoms with Crippen LogP contribution in [0.25, 0.3) is 0 Å². The van der Waals surface area contributed by atoms with E-state index in [1.54, 1.807) is 18.2 Å². The van der Waals surface area contributed by atoms with Gasteiger partial charge < -0.3 is 15.9 Å². The first kappa shape index (κ1) is 11.4. The van der Waals surface area contributed by atoms with E-state index in [0.717, 1.165) is 31.2 Å². The molecule has 1 aromatic rings. The van der Waals surface area contributed by atoms with Crippen molar-refractivity contribution in [2.24, 2.45) is 11.7 Å². The van der Waals surface area contributed by atoms with Gasteiger partial charge in [-0.15, -0.1) is 0 Å². The van der Waals surface area contributed by atoms with Gasteiger partial charge in [-0.2, -0.15) is 0 Å². The minimum absolute atomic E-state index is 0.100. The molecule has 16 heavy (non-hydrogen) atoms. The molecule has 0 saturated heterocycles. The highest BCUT2D eigenvalue weighted by molar-refractivity contribution is 5.32. The molecule has 1 aromatic carbocycles. The van der Waals surface area contributed by atoms with E-state index in [0.29, 0.717) is 6.54 Å². The fourth-order valence-corrected chi connectivity index (χ4v) is 2.70. The van der Waals surface area contributed by atoms with Crippen molar-refractivity contribution in [3.63, 3.8) is 0 Å². The molecule has 0 spiro atoms. The predicted octanol–water partition coefficient (Wildman–Crippen LogP) is 1.73. The molecule has 0 unspecified atom stereocenters. The van der Waals surface area contributed by atoms with Crippen LogP contribution in [-0.2, 0) is 5.60 Å². The van der Waals surface area contributed by atoms with Gasteiger partial charge in [-0.1, -0.05) is 25.0 Å². The van der Waals surface area contributed by atoms with Gasteiger partial charge in [-0.25, -0.2) is 0 Å². The lowest BCUT2D eigenvalue weighted by atomic mass is 9.71. The standard InChI is InChI=1S/C13H19NO2/c14-9-11-4-1-2-7-13(11,16)10-5-3-6-12(15)8-10/h3,5-6,8,11,15-16H,1-2,4,7,9,14H2/t11-,13+/m0/s1. The third kappa shape index (κ3) is 1.93. The second-order valence-corrected chi connectivity index (χ2v) is 4.65. The Morgan fingerprint density at radius 3 is 2.88 bits per heavy atom. The van der Waals surface area contributed by atoms with Crippen LogP contribution in [0.5, 0.6) is 5.75 Å². The molecule has 3 nitrogen and oxygen atoms in total. The average Bonchev–Trinajstić information content (AvgIpc) is 2.30. The quantitative estimate of drug-likeness (QED) is 0.712. The SMILES string of the molecule is NC[C@@H]1CCCC[C@@]1(O)c1cccc(O)c1. The summed E-state index contributed by atoms with van der Waals surface area (Å²) in [5, 5.41) is 20.2. The number of hydrogen-bond acceptors (Lipinski definition) is 3. The summed E-state index contributed by atoms with van der Waals surface area (Å²) in [6, 6.07) is 6.90. The molecule has 1 saturated carbocycles. The van der Waals surface area contributed by atoms with Crippen LogP contribution in [0.1, 0.15) is 31.2 Å². The van der Waals surface area contributed by atoms with E-state index in [-0.39, 0.29) is 11.7 Å². The summed E-state index contributed by atoms with van der Waals surface area (Å²) in [5.41, 5.74) is 5.67. The summed E-state index contributed by atoms with van der Waals surface area (Å²) in [5.74, 6) is 0.301. The van der Waals surface area contributed by atoms with Crippen LogP contribution in [0.4, 0.5) is 0 Å². The maximum absolute atomic E-state index is 10.7. The van der Waals surface area contributed by atoms with Crippen molar-refractivity contribution in [2.75, 3.05) is 6.54 Å². The Morgan fingerprint density at radius 1 is 1.38 bits per heavy atom. The van der Waals surface area contributed by atoms with E-state index in [1.807, 2.05) is 6.07 Å². The number of rotatable bonds is 2. The van der Waals surface area contributed by atoms with E-state index in [2.05, 4.69) is 0 Å². The van der Waals surface area contributed by atoms with Crippen LogP contribution in [0.3, 0.4) is 0 Å². The Hall–Kier alpha value is -1.06. The van der Waals surface area contributed by atoms with Crippen molar-refractivity contribution < 1.29 is 10.2 Å². The van der Waals surface area contributed by atoms with Gasteiger partial charge >= 0.3 is 0 Å². The monoisotopic (exact) mass is 221 g/mol. The Balaban J connectivity index is 2.34. The number of hydrogen-bond donors (Lipinski definition) is 3. The maximum Gasteiger partial charge on any atom is 0.115 e. The van der Waals surface area contributed by atoms with Crippen LogP contribution >= 0.6 is 0 Å². The fraction of sp³-hybridized carbons (Fsp3) is 0.538. The summed E-state index contributed by atoms with van der Waals surface area (Å²) in [6.45, 7) is 0.492. The molecule has 0 amide bonds. The van der Waals surface area contributed by atoms with Crippen LogP contribution in [0, 0.1) is 5.92 Å². The van der Waals surface area contributed by atoms with Gasteiger partial charge in [0.1, 0.15) is 5.75 Å². The van der Waals surface area contributed by atoms with Crippen LogP contribution in [-0.4, -0.2) is 16.8 Å². The van der Waals surface area contributed by atoms with Gasteiger partial charge in [-0.05, 0) is 37.1 Å². The van der Waals surface area contributed by atoms with Crippen LogP contribution < -0.4 is 5.73 Å². The predicted molar refractivity (Wildman–Crippen MR) is 63.0 cm³/mol. The Bertz CT molecular complexity index is 367. The van der Waals surface area contributed by atoms with Gasteiger partial charge in [-0.3, -0.25) is 0 Å². The molecule has 0 heterocycles. The first-order valence-electron chi connectivity index (χ1n) is 5.89. The molecule has 0 aliphatic heterocycles. The molecule has 1 aliphatic carbocycles. The average molecular weight is 221 g/mol. The lowest BCUT2D eigenvalue weighted by Gasteiger charge is -2.40. The second kappa shape index (κ2) is 4.44. The number of phenols is 1. The van der Waals surface area contributed by atoms with Gasteiger partial charge in [0.05, 0.1) is 5.60 Å². The molecule has 4 N–H and O–H groups in total. The summed E-state index contributed by atoms with van der Waals surface area (Å²) in [7, 11) is 0. The zero-order chi connectivity index (χ0) is 11.6. The molecule has 2 atom stereocenters. The molecule has 2 rings (SSSR count). The molecule has 0 aromatic heterocycles. The van der Waals surface area contributed by atoms with Crippen molar-refractivity contribution in [1.29, 1.82) is 0 Å². The number of phenolic OH excluding ortho intramolecular Hbond substituents is 1. The summed E-state index contributed by atoms with van der Waals surface area (Å²) >= 11 is 0. The summed E-state index contributed by atoms with van der Waals surface area (Å²) in [4.78, 5) is 0. The van der Waals surface area contributed by atoms with Crippen molar-refractivity contribution >= 4 is 0 Å². The van der Waals surface area contributed by atoms with Crippen molar-refractivity contribution in [3.8, 4) is 5.75 Å². The van der Waals surface area contributed by atoms with Crippen molar-refractivity contribution in [2.45, 2.75) is 31.3 Å². The Morgan fingerprint density at radius 2 is 2.19 bits per heavy atom. The first-order valence-corrected chi connectivity index (χ1v) is 5.89. The molecular formula is C13H19NO2. The van der Waals surface area contributed by atoms with E-state index < -0.39 is 5.60 Å². The molecule has 0 radical (unpaired) electrons. The number of nitrogens with two attached hydrogens (primary N) is 1. The smallest absolute Gasteiger partial charge is 0.115 e. The number of aromatic hydroxyl groups is 1. The number of aliphatic hydroxyl groups is 1. The highest BCUT2D eigenvalue weighted by atomic mass is 16.3. The first-order chi connectivity index (χ1) is 7.66. The number of benzene rings is 1. The van der Waals surface area contributed by atoms with Gasteiger partial charge in [0.15, 0.2) is 0 Å². The van der Waals surface area contributed by atoms with E-state index >= 15 is 0 Å². The van der Waals surface area contributed by atoms with Gasteiger partial charge in [0, 0.05) is 5.92 Å². The minimum atomic E-state index is -0.855. The Labute approximate surface area is 95.9 Å². The lowest BCUT2D eigenvalue weighted by Crippen LogP contribution is -2.41. The topological polar surface area (TPSA) is 66.5 Å². The minimum Gasteiger partial charge on any atom is -0.508 e. The maximum atomic E-state index is 10.7. The normalized spacial score (nSPS) is 30.2. The summed E-state index contributed by atoms with van der Waals surface area (Å²) < 4.78 is 0. The van der Waals surface area contributed by atoms with Gasteiger partial charge in [0.25, 0.3) is 0 Å². The molecule has 3 heteroatoms. The highest BCUT2D eigenvalue weighted by Crippen LogP contribution is 2.41. The van der Waals surface area contributed by atoms with E-state index in [1.165, 1.54) is 0 Å². The van der Waals surface area contributed by atoms with Crippen LogP contribution in [0.2, 0.25) is 0 Å². The van der Waals surface area contributed by atoms with E-state index in [9.17, 15) is 10.2 Å². The third-order valence-corrected chi connectivity index (χ3v) is 3.67. The lowest BCUT2D eigenvalue weighted by molar-refractivity contribution is -0.0507. The zero-order valence-corrected chi connectivity index (χ0v) is 9.39. The molecule has 1 aliphatic rings. The fourth-order valence-electron chi connectivity index (χ4n) is 2.70. The third-order valence-electron chi connectivity index (χ3n) is 3.67. The van der Waals surface area contributed by atoms with E-state index in [4.69, 9.17) is 5.73 Å². The molecule has 1 fully saturated rings. The highest BCUT2D eigenvalue weighted by Gasteiger charge is 2.39. The molecular weight excluding hydrogens is 202 g/mol.